The van der Waals surface area contributed by atoms with Crippen molar-refractivity contribution in [1.82, 2.24) is 0 Å². The average molecular weight is 351 g/mol. The molecule has 4 heteroatoms. The number of halogens is 1. The molecule has 0 aliphatic rings. The van der Waals surface area contributed by atoms with Crippen LogP contribution in [0.3, 0.4) is 0 Å². The van der Waals surface area contributed by atoms with E-state index in [1.165, 1.54) is 5.56 Å². The number of aliphatic hydroxyl groups is 1. The Morgan fingerprint density at radius 1 is 1.10 bits per heavy atom. The molecule has 0 aliphatic carbocycles. The van der Waals surface area contributed by atoms with Crippen molar-refractivity contribution in [3.8, 4) is 11.5 Å². The molecule has 0 saturated heterocycles. The second kappa shape index (κ2) is 6.96. The van der Waals surface area contributed by atoms with Crippen LogP contribution < -0.4 is 9.47 Å². The van der Waals surface area contributed by atoms with Crippen LogP contribution in [-0.2, 0) is 6.42 Å². The lowest BCUT2D eigenvalue weighted by atomic mass is 10.00. The van der Waals surface area contributed by atoms with E-state index in [0.717, 1.165) is 15.6 Å². The lowest BCUT2D eigenvalue weighted by Gasteiger charge is -2.16. The van der Waals surface area contributed by atoms with Crippen molar-refractivity contribution in [2.75, 3.05) is 14.2 Å². The molecule has 2 aromatic carbocycles. The number of rotatable bonds is 5. The first kappa shape index (κ1) is 15.9. The van der Waals surface area contributed by atoms with E-state index in [2.05, 4.69) is 22.0 Å². The number of benzene rings is 2. The molecule has 0 saturated carbocycles. The minimum absolute atomic E-state index is 0.551. The van der Waals surface area contributed by atoms with E-state index in [4.69, 9.17) is 9.47 Å². The van der Waals surface area contributed by atoms with Crippen LogP contribution in [0.4, 0.5) is 0 Å². The standard InChI is InChI=1S/C17H19BrO3/c1-11-5-4-6-12(7-11)8-15(19)13-9-16(20-2)17(21-3)10-14(13)18/h4-7,9-10,15,19H,8H2,1-3H3. The predicted octanol–water partition coefficient (Wildman–Crippen LogP) is 4.05. The molecule has 1 N–H and O–H groups in total. The van der Waals surface area contributed by atoms with Gasteiger partial charge in [-0.25, -0.2) is 0 Å². The van der Waals surface area contributed by atoms with Gasteiger partial charge in [0.05, 0.1) is 20.3 Å². The highest BCUT2D eigenvalue weighted by Gasteiger charge is 2.16. The lowest BCUT2D eigenvalue weighted by molar-refractivity contribution is 0.177. The smallest absolute Gasteiger partial charge is 0.161 e. The molecule has 2 aromatic rings. The van der Waals surface area contributed by atoms with Gasteiger partial charge in [-0.1, -0.05) is 45.8 Å². The molecule has 0 fully saturated rings. The molecule has 2 rings (SSSR count). The molecule has 1 unspecified atom stereocenters. The molecule has 0 aromatic heterocycles. The molecule has 3 nitrogen and oxygen atoms in total. The molecule has 1 atom stereocenters. The minimum atomic E-state index is -0.610. The van der Waals surface area contributed by atoms with E-state index in [-0.39, 0.29) is 0 Å². The van der Waals surface area contributed by atoms with Gasteiger partial charge < -0.3 is 14.6 Å². The fourth-order valence-corrected chi connectivity index (χ4v) is 2.88. The van der Waals surface area contributed by atoms with E-state index in [1.54, 1.807) is 14.2 Å². The van der Waals surface area contributed by atoms with Crippen LogP contribution >= 0.6 is 15.9 Å². The Bertz CT molecular complexity index is 625. The van der Waals surface area contributed by atoms with Crippen molar-refractivity contribution in [3.05, 3.63) is 57.6 Å². The average Bonchev–Trinajstić information content (AvgIpc) is 2.46. The van der Waals surface area contributed by atoms with Crippen LogP contribution in [0, 0.1) is 6.92 Å². The van der Waals surface area contributed by atoms with E-state index in [1.807, 2.05) is 37.3 Å². The fourth-order valence-electron chi connectivity index (χ4n) is 2.30. The van der Waals surface area contributed by atoms with E-state index in [0.29, 0.717) is 17.9 Å². The Kier molecular flexibility index (Phi) is 5.26. The summed E-state index contributed by atoms with van der Waals surface area (Å²) in [6, 6.07) is 11.8. The van der Waals surface area contributed by atoms with Gasteiger partial charge in [0.25, 0.3) is 0 Å². The highest BCUT2D eigenvalue weighted by atomic mass is 79.9. The van der Waals surface area contributed by atoms with Gasteiger partial charge in [-0.3, -0.25) is 0 Å². The van der Waals surface area contributed by atoms with Gasteiger partial charge in [0, 0.05) is 10.9 Å². The third kappa shape index (κ3) is 3.77. The third-order valence-corrected chi connectivity index (χ3v) is 4.06. The minimum Gasteiger partial charge on any atom is -0.493 e. The Labute approximate surface area is 133 Å². The summed E-state index contributed by atoms with van der Waals surface area (Å²) in [6.45, 7) is 2.04. The number of aryl methyl sites for hydroxylation is 1. The van der Waals surface area contributed by atoms with Gasteiger partial charge in [0.2, 0.25) is 0 Å². The maximum absolute atomic E-state index is 10.5. The molecule has 0 amide bonds. The first-order chi connectivity index (χ1) is 10.0. The molecular weight excluding hydrogens is 332 g/mol. The monoisotopic (exact) mass is 350 g/mol. The van der Waals surface area contributed by atoms with Crippen molar-refractivity contribution < 1.29 is 14.6 Å². The normalized spacial score (nSPS) is 12.0. The van der Waals surface area contributed by atoms with Gasteiger partial charge in [-0.05, 0) is 30.2 Å². The van der Waals surface area contributed by atoms with Crippen molar-refractivity contribution in [1.29, 1.82) is 0 Å². The largest absolute Gasteiger partial charge is 0.493 e. The SMILES string of the molecule is COc1cc(Br)c(C(O)Cc2cccc(C)c2)cc1OC. The van der Waals surface area contributed by atoms with Crippen molar-refractivity contribution in [2.24, 2.45) is 0 Å². The molecule has 112 valence electrons. The third-order valence-electron chi connectivity index (χ3n) is 3.37. The highest BCUT2D eigenvalue weighted by Crippen LogP contribution is 2.36. The fraction of sp³-hybridized carbons (Fsp3) is 0.294. The summed E-state index contributed by atoms with van der Waals surface area (Å²) in [4.78, 5) is 0. The van der Waals surface area contributed by atoms with Gasteiger partial charge in [-0.2, -0.15) is 0 Å². The Balaban J connectivity index is 2.28. The van der Waals surface area contributed by atoms with E-state index < -0.39 is 6.10 Å². The zero-order chi connectivity index (χ0) is 15.4. The van der Waals surface area contributed by atoms with E-state index in [9.17, 15) is 5.11 Å². The van der Waals surface area contributed by atoms with Gasteiger partial charge in [-0.15, -0.1) is 0 Å². The van der Waals surface area contributed by atoms with Gasteiger partial charge in [0.1, 0.15) is 0 Å². The molecule has 0 aliphatic heterocycles. The Hall–Kier alpha value is -1.52. The summed E-state index contributed by atoms with van der Waals surface area (Å²) in [5.74, 6) is 1.25. The Morgan fingerprint density at radius 3 is 2.38 bits per heavy atom. The van der Waals surface area contributed by atoms with Crippen molar-refractivity contribution in [2.45, 2.75) is 19.4 Å². The van der Waals surface area contributed by atoms with E-state index >= 15 is 0 Å². The van der Waals surface area contributed by atoms with Crippen LogP contribution in [0.1, 0.15) is 22.8 Å². The molecule has 21 heavy (non-hydrogen) atoms. The lowest BCUT2D eigenvalue weighted by Crippen LogP contribution is -2.04. The van der Waals surface area contributed by atoms with Crippen molar-refractivity contribution in [3.63, 3.8) is 0 Å². The first-order valence-electron chi connectivity index (χ1n) is 6.70. The molecular formula is C17H19BrO3. The second-order valence-corrected chi connectivity index (χ2v) is 5.79. The maximum atomic E-state index is 10.5. The second-order valence-electron chi connectivity index (χ2n) is 4.94. The van der Waals surface area contributed by atoms with Gasteiger partial charge in [0.15, 0.2) is 11.5 Å². The van der Waals surface area contributed by atoms with Gasteiger partial charge >= 0.3 is 0 Å². The number of aliphatic hydroxyl groups excluding tert-OH is 1. The molecule has 0 heterocycles. The summed E-state index contributed by atoms with van der Waals surface area (Å²) in [5.41, 5.74) is 3.07. The maximum Gasteiger partial charge on any atom is 0.161 e. The quantitative estimate of drug-likeness (QED) is 0.883. The Morgan fingerprint density at radius 2 is 1.76 bits per heavy atom. The molecule has 0 spiro atoms. The summed E-state index contributed by atoms with van der Waals surface area (Å²) in [6.07, 6.45) is -0.0589. The summed E-state index contributed by atoms with van der Waals surface area (Å²) in [7, 11) is 3.18. The van der Waals surface area contributed by atoms with Crippen LogP contribution in [-0.4, -0.2) is 19.3 Å². The summed E-state index contributed by atoms with van der Waals surface area (Å²) >= 11 is 3.48. The topological polar surface area (TPSA) is 38.7 Å². The van der Waals surface area contributed by atoms with Crippen LogP contribution in [0.15, 0.2) is 40.9 Å². The zero-order valence-corrected chi connectivity index (χ0v) is 14.0. The zero-order valence-electron chi connectivity index (χ0n) is 12.4. The van der Waals surface area contributed by atoms with Crippen LogP contribution in [0.2, 0.25) is 0 Å². The van der Waals surface area contributed by atoms with Crippen molar-refractivity contribution >= 4 is 15.9 Å². The molecule has 0 radical (unpaired) electrons. The number of methoxy groups -OCH3 is 2. The summed E-state index contributed by atoms with van der Waals surface area (Å²) in [5, 5.41) is 10.5. The first-order valence-corrected chi connectivity index (χ1v) is 7.49. The number of ether oxygens (including phenoxy) is 2. The number of hydrogen-bond acceptors (Lipinski definition) is 3. The van der Waals surface area contributed by atoms with Crippen LogP contribution in [0.5, 0.6) is 11.5 Å². The predicted molar refractivity (Wildman–Crippen MR) is 87.1 cm³/mol. The number of hydrogen-bond donors (Lipinski definition) is 1. The molecule has 0 bridgehead atoms. The summed E-state index contributed by atoms with van der Waals surface area (Å²) < 4.78 is 11.3. The highest BCUT2D eigenvalue weighted by molar-refractivity contribution is 9.10. The van der Waals surface area contributed by atoms with Crippen LogP contribution in [0.25, 0.3) is 0 Å².